The summed E-state index contributed by atoms with van der Waals surface area (Å²) < 4.78 is 7.87. The topological polar surface area (TPSA) is 42.3 Å². The summed E-state index contributed by atoms with van der Waals surface area (Å²) in [6, 6.07) is 9.35. The van der Waals surface area contributed by atoms with Crippen molar-refractivity contribution in [2.45, 2.75) is 64.1 Å². The minimum absolute atomic E-state index is 0.0590. The minimum Gasteiger partial charge on any atom is -0.385 e. The molecule has 0 bridgehead atoms. The van der Waals surface area contributed by atoms with Crippen LogP contribution in [0.4, 0.5) is 0 Å². The second-order valence-electron chi connectivity index (χ2n) is 8.30. The predicted octanol–water partition coefficient (Wildman–Crippen LogP) is 4.62. The molecule has 6 heteroatoms. The van der Waals surface area contributed by atoms with Crippen LogP contribution in [0.5, 0.6) is 0 Å². The summed E-state index contributed by atoms with van der Waals surface area (Å²) in [5.41, 5.74) is 5.15. The molecule has 0 aromatic carbocycles. The highest BCUT2D eigenvalue weighted by Gasteiger charge is 2.41. The molecule has 1 aliphatic heterocycles. The molecule has 1 saturated carbocycles. The number of hydrogen-bond donors (Lipinski definition) is 1. The number of ether oxygens (including phenoxy) is 1. The highest BCUT2D eigenvalue weighted by atomic mass is 32.1. The van der Waals surface area contributed by atoms with E-state index in [4.69, 9.17) is 17.0 Å². The van der Waals surface area contributed by atoms with Gasteiger partial charge in [0.05, 0.1) is 17.8 Å². The van der Waals surface area contributed by atoms with Gasteiger partial charge in [-0.25, -0.2) is 0 Å². The van der Waals surface area contributed by atoms with Crippen molar-refractivity contribution in [3.63, 3.8) is 0 Å². The van der Waals surface area contributed by atoms with E-state index in [2.05, 4.69) is 51.8 Å². The monoisotopic (exact) mass is 412 g/mol. The molecule has 2 atom stereocenters. The van der Waals surface area contributed by atoms with E-state index in [0.29, 0.717) is 6.04 Å². The molecular formula is C23H32N4OS. The van der Waals surface area contributed by atoms with Gasteiger partial charge in [-0.3, -0.25) is 4.98 Å². The second-order valence-corrected chi connectivity index (χ2v) is 8.69. The quantitative estimate of drug-likeness (QED) is 0.531. The number of pyridine rings is 1. The number of rotatable bonds is 7. The molecule has 1 aliphatic carbocycles. The third-order valence-electron chi connectivity index (χ3n) is 6.48. The van der Waals surface area contributed by atoms with Crippen LogP contribution in [-0.2, 0) is 4.74 Å². The van der Waals surface area contributed by atoms with Crippen molar-refractivity contribution in [1.29, 1.82) is 0 Å². The van der Waals surface area contributed by atoms with E-state index < -0.39 is 0 Å². The van der Waals surface area contributed by atoms with Crippen LogP contribution in [-0.4, -0.2) is 39.8 Å². The maximum Gasteiger partial charge on any atom is 0.170 e. The van der Waals surface area contributed by atoms with Gasteiger partial charge >= 0.3 is 0 Å². The lowest BCUT2D eigenvalue weighted by Crippen LogP contribution is -2.31. The van der Waals surface area contributed by atoms with Crippen LogP contribution in [0, 0.1) is 13.8 Å². The van der Waals surface area contributed by atoms with Crippen LogP contribution in [0.15, 0.2) is 30.5 Å². The lowest BCUT2D eigenvalue weighted by Gasteiger charge is -2.28. The van der Waals surface area contributed by atoms with Gasteiger partial charge in [0.2, 0.25) is 0 Å². The SMILES string of the molecule is COCCCN1C(=S)NC(c2ccccn2)C1c1cc(C)n(C2CCCC2)c1C. The van der Waals surface area contributed by atoms with Gasteiger partial charge in [0.25, 0.3) is 0 Å². The Morgan fingerprint density at radius 1 is 1.24 bits per heavy atom. The predicted molar refractivity (Wildman–Crippen MR) is 120 cm³/mol. The van der Waals surface area contributed by atoms with Crippen molar-refractivity contribution in [3.05, 3.63) is 53.1 Å². The molecular weight excluding hydrogens is 380 g/mol. The Kier molecular flexibility index (Phi) is 6.20. The van der Waals surface area contributed by atoms with Crippen LogP contribution in [0.25, 0.3) is 0 Å². The molecule has 3 heterocycles. The maximum absolute atomic E-state index is 5.77. The van der Waals surface area contributed by atoms with Crippen molar-refractivity contribution in [2.75, 3.05) is 20.3 Å². The van der Waals surface area contributed by atoms with E-state index in [1.165, 1.54) is 42.6 Å². The van der Waals surface area contributed by atoms with Crippen LogP contribution in [0.2, 0.25) is 0 Å². The summed E-state index contributed by atoms with van der Waals surface area (Å²) in [4.78, 5) is 7.00. The third kappa shape index (κ3) is 3.92. The number of aryl methyl sites for hydroxylation is 1. The van der Waals surface area contributed by atoms with Gasteiger partial charge < -0.3 is 19.5 Å². The van der Waals surface area contributed by atoms with Crippen LogP contribution in [0.3, 0.4) is 0 Å². The van der Waals surface area contributed by atoms with Gasteiger partial charge in [0.15, 0.2) is 5.11 Å². The fraction of sp³-hybridized carbons (Fsp3) is 0.565. The van der Waals surface area contributed by atoms with E-state index >= 15 is 0 Å². The number of hydrogen-bond acceptors (Lipinski definition) is 3. The van der Waals surface area contributed by atoms with E-state index in [-0.39, 0.29) is 12.1 Å². The first-order chi connectivity index (χ1) is 14.1. The molecule has 29 heavy (non-hydrogen) atoms. The Balaban J connectivity index is 1.73. The van der Waals surface area contributed by atoms with Gasteiger partial charge in [-0.1, -0.05) is 18.9 Å². The lowest BCUT2D eigenvalue weighted by molar-refractivity contribution is 0.180. The van der Waals surface area contributed by atoms with Gasteiger partial charge in [0, 0.05) is 43.9 Å². The summed E-state index contributed by atoms with van der Waals surface area (Å²) in [7, 11) is 1.75. The van der Waals surface area contributed by atoms with Crippen molar-refractivity contribution >= 4 is 17.3 Å². The molecule has 2 fully saturated rings. The molecule has 2 aromatic rings. The second kappa shape index (κ2) is 8.84. The highest BCUT2D eigenvalue weighted by Crippen LogP contribution is 2.42. The Morgan fingerprint density at radius 2 is 2.03 bits per heavy atom. The van der Waals surface area contributed by atoms with Gasteiger partial charge in [-0.05, 0) is 69.1 Å². The fourth-order valence-electron chi connectivity index (χ4n) is 5.19. The average molecular weight is 413 g/mol. The molecule has 5 nitrogen and oxygen atoms in total. The van der Waals surface area contributed by atoms with E-state index in [1.54, 1.807) is 7.11 Å². The van der Waals surface area contributed by atoms with Gasteiger partial charge in [0.1, 0.15) is 0 Å². The van der Waals surface area contributed by atoms with Crippen LogP contribution in [0.1, 0.15) is 72.9 Å². The Bertz CT molecular complexity index is 844. The first kappa shape index (κ1) is 20.4. The standard InChI is InChI=1S/C23H32N4OS/c1-16-15-19(17(2)27(16)18-9-4-5-10-18)22-21(20-11-6-7-12-24-20)25-23(29)26(22)13-8-14-28-3/h6-7,11-12,15,18,21-22H,4-5,8-10,13-14H2,1-3H3,(H,25,29). The fourth-order valence-corrected chi connectivity index (χ4v) is 5.52. The normalized spacial score (nSPS) is 22.4. The Morgan fingerprint density at radius 3 is 2.72 bits per heavy atom. The van der Waals surface area contributed by atoms with E-state index in [9.17, 15) is 0 Å². The molecule has 0 spiro atoms. The number of methoxy groups -OCH3 is 1. The molecule has 156 valence electrons. The first-order valence-corrected chi connectivity index (χ1v) is 11.2. The van der Waals surface area contributed by atoms with Crippen molar-refractivity contribution < 1.29 is 4.74 Å². The smallest absolute Gasteiger partial charge is 0.170 e. The zero-order valence-corrected chi connectivity index (χ0v) is 18.5. The summed E-state index contributed by atoms with van der Waals surface area (Å²) in [5.74, 6) is 0. The van der Waals surface area contributed by atoms with Gasteiger partial charge in [-0.15, -0.1) is 0 Å². The molecule has 0 radical (unpaired) electrons. The lowest BCUT2D eigenvalue weighted by atomic mass is 9.96. The Hall–Kier alpha value is -1.92. The van der Waals surface area contributed by atoms with Crippen LogP contribution >= 0.6 is 12.2 Å². The summed E-state index contributed by atoms with van der Waals surface area (Å²) >= 11 is 5.77. The average Bonchev–Trinajstić information content (AvgIpc) is 3.42. The molecule has 1 saturated heterocycles. The number of nitrogens with one attached hydrogen (secondary N) is 1. The van der Waals surface area contributed by atoms with Crippen LogP contribution < -0.4 is 5.32 Å². The summed E-state index contributed by atoms with van der Waals surface area (Å²) in [5, 5.41) is 4.38. The van der Waals surface area contributed by atoms with Crippen molar-refractivity contribution in [3.8, 4) is 0 Å². The molecule has 2 aromatic heterocycles. The molecule has 2 aliphatic rings. The molecule has 4 rings (SSSR count). The van der Waals surface area contributed by atoms with E-state index in [1.807, 2.05) is 12.3 Å². The molecule has 0 amide bonds. The number of thiocarbonyl (C=S) groups is 1. The summed E-state index contributed by atoms with van der Waals surface area (Å²) in [6.45, 7) is 6.15. The van der Waals surface area contributed by atoms with Crippen molar-refractivity contribution in [2.24, 2.45) is 0 Å². The zero-order chi connectivity index (χ0) is 20.4. The third-order valence-corrected chi connectivity index (χ3v) is 6.83. The first-order valence-electron chi connectivity index (χ1n) is 10.8. The molecule has 1 N–H and O–H groups in total. The van der Waals surface area contributed by atoms with E-state index in [0.717, 1.165) is 30.4 Å². The number of nitrogens with zero attached hydrogens (tertiary/aromatic N) is 3. The van der Waals surface area contributed by atoms with Gasteiger partial charge in [-0.2, -0.15) is 0 Å². The highest BCUT2D eigenvalue weighted by molar-refractivity contribution is 7.80. The largest absolute Gasteiger partial charge is 0.385 e. The summed E-state index contributed by atoms with van der Waals surface area (Å²) in [6.07, 6.45) is 8.08. The minimum atomic E-state index is 0.0590. The number of aromatic nitrogens is 2. The Labute approximate surface area is 179 Å². The maximum atomic E-state index is 5.77. The molecule has 2 unspecified atom stereocenters. The zero-order valence-electron chi connectivity index (χ0n) is 17.7. The van der Waals surface area contributed by atoms with Crippen molar-refractivity contribution in [1.82, 2.24) is 19.8 Å².